The molecule has 2 saturated heterocycles. The summed E-state index contributed by atoms with van der Waals surface area (Å²) >= 11 is 0. The van der Waals surface area contributed by atoms with Crippen LogP contribution >= 0.6 is 7.75 Å². The van der Waals surface area contributed by atoms with Crippen molar-refractivity contribution in [3.63, 3.8) is 0 Å². The molecule has 3 N–H and O–H groups in total. The third-order valence-corrected chi connectivity index (χ3v) is 10.1. The van der Waals surface area contributed by atoms with Crippen LogP contribution < -0.4 is 15.3 Å². The summed E-state index contributed by atoms with van der Waals surface area (Å²) in [5.74, 6) is -1.97. The molecule has 17 nitrogen and oxygen atoms in total. The van der Waals surface area contributed by atoms with Crippen LogP contribution in [0.4, 0.5) is 5.82 Å². The molecule has 0 amide bonds. The lowest BCUT2D eigenvalue weighted by atomic mass is 10.0. The van der Waals surface area contributed by atoms with Gasteiger partial charge < -0.3 is 33.9 Å². The van der Waals surface area contributed by atoms with Gasteiger partial charge in [0, 0.05) is 18.8 Å². The van der Waals surface area contributed by atoms with Crippen LogP contribution in [0.3, 0.4) is 0 Å². The number of rotatable bonds is 14. The quantitative estimate of drug-likeness (QED) is 0.140. The molecule has 0 radical (unpaired) electrons. The monoisotopic (exact) mass is 698 g/mol. The van der Waals surface area contributed by atoms with Crippen molar-refractivity contribution < 1.29 is 51.7 Å². The number of nitrogens with zero attached hydrogens (tertiary/aromatic N) is 4. The molecule has 3 aromatic rings. The number of anilines is 1. The standard InChI is InChI=1S/C31H35N6O11P/c1-4-23(38)44-26-25(21-11-12-22-27(33)34-17-35-37(21)22)46-30(16-32)29(31(26,30)45-24(39)5-2)48-49(41,47-20-9-7-6-8-10-20)36-18(3)28(40)43-15-19-13-42-14-19/h6-12,17-19,25-26,29H,4-5,13-15H2,1-3H3,(H,36,41)(H2,33,34,35)/t18-,25-,26-,29?,30+,31+,49?/m0/s1. The van der Waals surface area contributed by atoms with Gasteiger partial charge in [-0.05, 0) is 31.2 Å². The van der Waals surface area contributed by atoms with Crippen LogP contribution in [-0.2, 0) is 47.2 Å². The number of hydrogen-bond acceptors (Lipinski definition) is 15. The average molecular weight is 699 g/mol. The lowest BCUT2D eigenvalue weighted by Crippen LogP contribution is -2.43. The van der Waals surface area contributed by atoms with Gasteiger partial charge in [-0.15, -0.1) is 0 Å². The van der Waals surface area contributed by atoms with Crippen molar-refractivity contribution >= 4 is 37.0 Å². The van der Waals surface area contributed by atoms with Crippen molar-refractivity contribution in [2.75, 3.05) is 25.6 Å². The minimum atomic E-state index is -4.66. The Kier molecular flexibility index (Phi) is 9.36. The normalized spacial score (nSPS) is 27.5. The minimum Gasteiger partial charge on any atom is -0.464 e. The van der Waals surface area contributed by atoms with Crippen LogP contribution in [0.1, 0.15) is 45.4 Å². The summed E-state index contributed by atoms with van der Waals surface area (Å²) in [5.41, 5.74) is 2.41. The molecule has 2 unspecified atom stereocenters. The number of nitriles is 1. The molecule has 1 saturated carbocycles. The molecule has 0 spiro atoms. The Labute approximate surface area is 280 Å². The summed E-state index contributed by atoms with van der Waals surface area (Å²) < 4.78 is 56.5. The number of carbonyl (C=O) groups excluding carboxylic acids is 3. The molecule has 2 aromatic heterocycles. The van der Waals surface area contributed by atoms with E-state index < -0.39 is 61.2 Å². The molecule has 3 fully saturated rings. The van der Waals surface area contributed by atoms with Gasteiger partial charge in [-0.2, -0.15) is 15.4 Å². The first-order valence-corrected chi connectivity index (χ1v) is 17.2. The highest BCUT2D eigenvalue weighted by molar-refractivity contribution is 7.52. The summed E-state index contributed by atoms with van der Waals surface area (Å²) in [6.45, 7) is 5.48. The molecule has 1 aromatic carbocycles. The lowest BCUT2D eigenvalue weighted by Gasteiger charge is -2.30. The second-order valence-electron chi connectivity index (χ2n) is 11.7. The van der Waals surface area contributed by atoms with Crippen LogP contribution in [0.15, 0.2) is 48.8 Å². The van der Waals surface area contributed by atoms with E-state index in [2.05, 4.69) is 15.2 Å². The Hall–Kier alpha value is -4.59. The van der Waals surface area contributed by atoms with Gasteiger partial charge in [0.15, 0.2) is 18.0 Å². The molecule has 1 aliphatic carbocycles. The van der Waals surface area contributed by atoms with Crippen LogP contribution in [0.25, 0.3) is 5.52 Å². The second-order valence-corrected chi connectivity index (χ2v) is 13.4. The molecular formula is C31H35N6O11P. The number of nitrogens with two attached hydrogens (primary N) is 1. The van der Waals surface area contributed by atoms with E-state index in [4.69, 9.17) is 38.5 Å². The van der Waals surface area contributed by atoms with Gasteiger partial charge in [0.25, 0.3) is 0 Å². The average Bonchev–Trinajstić information content (AvgIpc) is 3.31. The fourth-order valence-corrected chi connectivity index (χ4v) is 7.51. The zero-order valence-corrected chi connectivity index (χ0v) is 27.7. The van der Waals surface area contributed by atoms with E-state index in [1.54, 1.807) is 37.3 Å². The number of carbonyl (C=O) groups is 3. The van der Waals surface area contributed by atoms with Crippen molar-refractivity contribution in [1.82, 2.24) is 19.7 Å². The number of para-hydroxylation sites is 1. The Balaban J connectivity index is 1.38. The number of nitrogen functional groups attached to an aromatic ring is 1. The van der Waals surface area contributed by atoms with E-state index in [1.165, 1.54) is 36.8 Å². The zero-order chi connectivity index (χ0) is 35.0. The molecule has 3 aliphatic rings. The van der Waals surface area contributed by atoms with Crippen molar-refractivity contribution in [2.45, 2.75) is 69.2 Å². The van der Waals surface area contributed by atoms with E-state index in [1.807, 2.05) is 6.07 Å². The Morgan fingerprint density at radius 3 is 2.55 bits per heavy atom. The SMILES string of the molecule is CCC(=O)O[C@H]1[C@H](c2ccc3c(N)ncnn23)O[C@]2(C#N)C(OP(=O)(N[C@@H](C)C(=O)OCC3COC3)Oc3ccccc3)[C@]12OC(=O)CC. The van der Waals surface area contributed by atoms with Gasteiger partial charge >= 0.3 is 25.7 Å². The molecule has 7 atom stereocenters. The summed E-state index contributed by atoms with van der Waals surface area (Å²) in [5, 5.41) is 17.5. The van der Waals surface area contributed by atoms with Gasteiger partial charge in [-0.1, -0.05) is 32.0 Å². The van der Waals surface area contributed by atoms with Gasteiger partial charge in [0.05, 0.1) is 25.5 Å². The maximum atomic E-state index is 14.6. The smallest absolute Gasteiger partial charge is 0.460 e. The Bertz CT molecular complexity index is 1830. The Morgan fingerprint density at radius 2 is 1.90 bits per heavy atom. The highest BCUT2D eigenvalue weighted by Crippen LogP contribution is 2.70. The number of fused-ring (bicyclic) bond motifs is 2. The summed E-state index contributed by atoms with van der Waals surface area (Å²) in [6.07, 6.45) is -3.41. The summed E-state index contributed by atoms with van der Waals surface area (Å²) in [4.78, 5) is 42.8. The van der Waals surface area contributed by atoms with E-state index in [0.717, 1.165) is 0 Å². The molecule has 49 heavy (non-hydrogen) atoms. The number of nitrogens with one attached hydrogen (secondary N) is 1. The molecule has 18 heteroatoms. The van der Waals surface area contributed by atoms with Crippen molar-refractivity contribution in [2.24, 2.45) is 5.92 Å². The van der Waals surface area contributed by atoms with Gasteiger partial charge in [0.1, 0.15) is 35.8 Å². The fourth-order valence-electron chi connectivity index (χ4n) is 5.80. The van der Waals surface area contributed by atoms with Crippen molar-refractivity contribution in [3.05, 3.63) is 54.5 Å². The van der Waals surface area contributed by atoms with Crippen LogP contribution in [0.2, 0.25) is 0 Å². The predicted octanol–water partition coefficient (Wildman–Crippen LogP) is 2.41. The molecular weight excluding hydrogens is 663 g/mol. The van der Waals surface area contributed by atoms with Crippen molar-refractivity contribution in [1.29, 1.82) is 5.26 Å². The molecule has 6 rings (SSSR count). The maximum Gasteiger partial charge on any atom is 0.460 e. The van der Waals surface area contributed by atoms with Gasteiger partial charge in [-0.25, -0.2) is 14.1 Å². The number of aromatic nitrogens is 3. The second kappa shape index (κ2) is 13.4. The summed E-state index contributed by atoms with van der Waals surface area (Å²) in [7, 11) is -4.66. The highest BCUT2D eigenvalue weighted by atomic mass is 31.2. The third-order valence-electron chi connectivity index (χ3n) is 8.44. The Morgan fingerprint density at radius 1 is 1.16 bits per heavy atom. The van der Waals surface area contributed by atoms with Gasteiger partial charge in [-0.3, -0.25) is 18.9 Å². The third kappa shape index (κ3) is 6.11. The lowest BCUT2D eigenvalue weighted by molar-refractivity contribution is -0.177. The zero-order valence-electron chi connectivity index (χ0n) is 26.8. The predicted molar refractivity (Wildman–Crippen MR) is 166 cm³/mol. The topological polar surface area (TPSA) is 225 Å². The first-order chi connectivity index (χ1) is 23.5. The fraction of sp³-hybridized carbons (Fsp3) is 0.484. The van der Waals surface area contributed by atoms with Crippen molar-refractivity contribution in [3.8, 4) is 11.8 Å². The summed E-state index contributed by atoms with van der Waals surface area (Å²) in [6, 6.07) is 11.9. The first-order valence-electron chi connectivity index (χ1n) is 15.6. The van der Waals surface area contributed by atoms with E-state index in [-0.39, 0.29) is 36.9 Å². The molecule has 2 aliphatic heterocycles. The van der Waals surface area contributed by atoms with Gasteiger partial charge in [0.2, 0.25) is 11.2 Å². The van der Waals surface area contributed by atoms with Crippen LogP contribution in [0.5, 0.6) is 5.75 Å². The number of hydrogen-bond donors (Lipinski definition) is 2. The molecule has 0 bridgehead atoms. The number of ether oxygens (including phenoxy) is 5. The van der Waals surface area contributed by atoms with E-state index in [0.29, 0.717) is 24.4 Å². The van der Waals surface area contributed by atoms with E-state index in [9.17, 15) is 24.2 Å². The van der Waals surface area contributed by atoms with E-state index >= 15 is 0 Å². The molecule has 4 heterocycles. The first kappa shape index (κ1) is 34.3. The van der Waals surface area contributed by atoms with Crippen LogP contribution in [-0.4, -0.2) is 81.8 Å². The van der Waals surface area contributed by atoms with Crippen LogP contribution in [0, 0.1) is 17.2 Å². The number of benzene rings is 1. The number of esters is 3. The maximum absolute atomic E-state index is 14.6. The molecule has 260 valence electrons. The highest BCUT2D eigenvalue weighted by Gasteiger charge is 2.95. The largest absolute Gasteiger partial charge is 0.464 e. The minimum absolute atomic E-state index is 0.0442.